The summed E-state index contributed by atoms with van der Waals surface area (Å²) < 4.78 is 32.2. The van der Waals surface area contributed by atoms with Crippen molar-refractivity contribution in [3.8, 4) is 5.75 Å². The number of nitrogen functional groups attached to an aromatic ring is 1. The zero-order valence-corrected chi connectivity index (χ0v) is 12.6. The van der Waals surface area contributed by atoms with Crippen molar-refractivity contribution in [1.29, 1.82) is 0 Å². The Balaban J connectivity index is 2.23. The molecule has 7 heteroatoms. The van der Waals surface area contributed by atoms with Crippen molar-refractivity contribution in [1.82, 2.24) is 9.62 Å². The van der Waals surface area contributed by atoms with Crippen molar-refractivity contribution in [3.63, 3.8) is 0 Å². The van der Waals surface area contributed by atoms with Crippen molar-refractivity contribution in [2.24, 2.45) is 0 Å². The highest BCUT2D eigenvalue weighted by atomic mass is 32.2. The second-order valence-corrected chi connectivity index (χ2v) is 6.89. The van der Waals surface area contributed by atoms with Crippen LogP contribution in [0.2, 0.25) is 0 Å². The number of nitrogens with one attached hydrogen (secondary N) is 1. The Morgan fingerprint density at radius 2 is 2.00 bits per heavy atom. The van der Waals surface area contributed by atoms with Gasteiger partial charge >= 0.3 is 0 Å². The molecule has 20 heavy (non-hydrogen) atoms. The number of nitrogens with zero attached hydrogens (tertiary/aromatic N) is 1. The van der Waals surface area contributed by atoms with Crippen LogP contribution in [-0.2, 0) is 10.0 Å². The molecule has 0 radical (unpaired) electrons. The molecule has 0 amide bonds. The van der Waals surface area contributed by atoms with E-state index in [-0.39, 0.29) is 11.0 Å². The lowest BCUT2D eigenvalue weighted by molar-refractivity contribution is 0.111. The van der Waals surface area contributed by atoms with E-state index < -0.39 is 10.0 Å². The third kappa shape index (κ3) is 3.41. The smallest absolute Gasteiger partial charge is 0.244 e. The third-order valence-corrected chi connectivity index (χ3v) is 4.92. The maximum Gasteiger partial charge on any atom is 0.244 e. The average molecular weight is 299 g/mol. The van der Waals surface area contributed by atoms with Gasteiger partial charge in [0.05, 0.1) is 0 Å². The van der Waals surface area contributed by atoms with Crippen molar-refractivity contribution < 1.29 is 13.2 Å². The summed E-state index contributed by atoms with van der Waals surface area (Å²) in [6.45, 7) is 1.90. The van der Waals surface area contributed by atoms with E-state index in [0.29, 0.717) is 11.4 Å². The fourth-order valence-electron chi connectivity index (χ4n) is 2.22. The van der Waals surface area contributed by atoms with E-state index in [1.807, 2.05) is 0 Å². The second kappa shape index (κ2) is 5.99. The van der Waals surface area contributed by atoms with Crippen LogP contribution in [0.4, 0.5) is 5.69 Å². The fourth-order valence-corrected chi connectivity index (χ4v) is 3.12. The van der Waals surface area contributed by atoms with Gasteiger partial charge in [-0.2, -0.15) is 0 Å². The molecule has 112 valence electrons. The molecule has 1 saturated heterocycles. The van der Waals surface area contributed by atoms with E-state index in [1.165, 1.54) is 13.1 Å². The van der Waals surface area contributed by atoms with Crippen LogP contribution in [0.15, 0.2) is 23.1 Å². The highest BCUT2D eigenvalue weighted by molar-refractivity contribution is 7.89. The van der Waals surface area contributed by atoms with Gasteiger partial charge in [-0.25, -0.2) is 13.1 Å². The molecule has 1 aromatic rings. The van der Waals surface area contributed by atoms with Crippen LogP contribution < -0.4 is 15.2 Å². The van der Waals surface area contributed by atoms with E-state index >= 15 is 0 Å². The largest absolute Gasteiger partial charge is 0.489 e. The van der Waals surface area contributed by atoms with Crippen LogP contribution >= 0.6 is 0 Å². The summed E-state index contributed by atoms with van der Waals surface area (Å²) >= 11 is 0. The number of hydrogen-bond donors (Lipinski definition) is 2. The molecule has 0 atom stereocenters. The Kier molecular flexibility index (Phi) is 4.52. The normalized spacial score (nSPS) is 18.1. The third-order valence-electron chi connectivity index (χ3n) is 3.49. The summed E-state index contributed by atoms with van der Waals surface area (Å²) in [7, 11) is -0.140. The first-order valence-corrected chi connectivity index (χ1v) is 8.09. The van der Waals surface area contributed by atoms with E-state index in [4.69, 9.17) is 10.5 Å². The Labute approximate surface area is 120 Å². The molecule has 2 rings (SSSR count). The van der Waals surface area contributed by atoms with Crippen LogP contribution in [0.5, 0.6) is 5.75 Å². The van der Waals surface area contributed by atoms with Gasteiger partial charge in [0.2, 0.25) is 10.0 Å². The number of nitrogens with two attached hydrogens (primary N) is 1. The fraction of sp³-hybridized carbons (Fsp3) is 0.538. The minimum atomic E-state index is -3.58. The van der Waals surface area contributed by atoms with Gasteiger partial charge in [0.15, 0.2) is 0 Å². The zero-order chi connectivity index (χ0) is 14.8. The topological polar surface area (TPSA) is 84.7 Å². The molecule has 0 bridgehead atoms. The van der Waals surface area contributed by atoms with Crippen LogP contribution in [0, 0.1) is 0 Å². The second-order valence-electron chi connectivity index (χ2n) is 5.03. The molecular weight excluding hydrogens is 278 g/mol. The van der Waals surface area contributed by atoms with Crippen LogP contribution in [0.1, 0.15) is 12.8 Å². The van der Waals surface area contributed by atoms with Gasteiger partial charge in [-0.3, -0.25) is 0 Å². The van der Waals surface area contributed by atoms with E-state index in [1.54, 1.807) is 12.1 Å². The molecule has 1 aliphatic rings. The Morgan fingerprint density at radius 1 is 1.35 bits per heavy atom. The highest BCUT2D eigenvalue weighted by Crippen LogP contribution is 2.28. The van der Waals surface area contributed by atoms with Gasteiger partial charge in [-0.05, 0) is 45.1 Å². The maximum atomic E-state index is 12.0. The number of sulfonamides is 1. The molecule has 1 fully saturated rings. The summed E-state index contributed by atoms with van der Waals surface area (Å²) in [6, 6.07) is 4.70. The van der Waals surface area contributed by atoms with Crippen LogP contribution in [-0.4, -0.2) is 46.6 Å². The first kappa shape index (κ1) is 15.1. The van der Waals surface area contributed by atoms with Crippen LogP contribution in [0.25, 0.3) is 0 Å². The SMILES string of the molecule is CNS(=O)(=O)c1cc(N)ccc1OC1CCN(C)CC1. The number of rotatable bonds is 4. The molecule has 3 N–H and O–H groups in total. The van der Waals surface area contributed by atoms with Gasteiger partial charge in [-0.1, -0.05) is 0 Å². The lowest BCUT2D eigenvalue weighted by Crippen LogP contribution is -2.36. The molecule has 0 spiro atoms. The summed E-state index contributed by atoms with van der Waals surface area (Å²) in [5.41, 5.74) is 6.07. The minimum Gasteiger partial charge on any atom is -0.489 e. The standard InChI is InChI=1S/C13H21N3O3S/c1-15-20(17,18)13-9-10(14)3-4-12(13)19-11-5-7-16(2)8-6-11/h3-4,9,11,15H,5-8,14H2,1-2H3. The predicted molar refractivity (Wildman–Crippen MR) is 78.2 cm³/mol. The quantitative estimate of drug-likeness (QED) is 0.797. The van der Waals surface area contributed by atoms with Crippen molar-refractivity contribution >= 4 is 15.7 Å². The van der Waals surface area contributed by atoms with E-state index in [2.05, 4.69) is 16.7 Å². The van der Waals surface area contributed by atoms with Gasteiger partial charge in [0, 0.05) is 18.8 Å². The molecule has 1 heterocycles. The number of likely N-dealkylation sites (tertiary alicyclic amines) is 1. The summed E-state index contributed by atoms with van der Waals surface area (Å²) in [4.78, 5) is 2.33. The summed E-state index contributed by atoms with van der Waals surface area (Å²) in [5, 5.41) is 0. The van der Waals surface area contributed by atoms with E-state index in [0.717, 1.165) is 25.9 Å². The number of hydrogen-bond acceptors (Lipinski definition) is 5. The van der Waals surface area contributed by atoms with E-state index in [9.17, 15) is 8.42 Å². The van der Waals surface area contributed by atoms with Gasteiger partial charge in [-0.15, -0.1) is 0 Å². The molecule has 6 nitrogen and oxygen atoms in total. The highest BCUT2D eigenvalue weighted by Gasteiger charge is 2.23. The Hall–Kier alpha value is -1.31. The Bertz CT molecular complexity index is 566. The molecular formula is C13H21N3O3S. The zero-order valence-electron chi connectivity index (χ0n) is 11.8. The molecule has 0 aromatic heterocycles. The first-order chi connectivity index (χ1) is 9.42. The Morgan fingerprint density at radius 3 is 2.60 bits per heavy atom. The van der Waals surface area contributed by atoms with Gasteiger partial charge < -0.3 is 15.4 Å². The number of piperidine rings is 1. The summed E-state index contributed by atoms with van der Waals surface area (Å²) in [5.74, 6) is 0.364. The lowest BCUT2D eigenvalue weighted by Gasteiger charge is -2.29. The minimum absolute atomic E-state index is 0.0423. The monoisotopic (exact) mass is 299 g/mol. The van der Waals surface area contributed by atoms with Gasteiger partial charge in [0.25, 0.3) is 0 Å². The van der Waals surface area contributed by atoms with Crippen molar-refractivity contribution in [2.75, 3.05) is 32.9 Å². The molecule has 0 saturated carbocycles. The number of anilines is 1. The number of ether oxygens (including phenoxy) is 1. The van der Waals surface area contributed by atoms with Gasteiger partial charge in [0.1, 0.15) is 16.7 Å². The summed E-state index contributed by atoms with van der Waals surface area (Å²) in [6.07, 6.45) is 1.82. The predicted octanol–water partition coefficient (Wildman–Crippen LogP) is 0.650. The number of benzene rings is 1. The average Bonchev–Trinajstić information content (AvgIpc) is 2.43. The van der Waals surface area contributed by atoms with Crippen molar-refractivity contribution in [2.45, 2.75) is 23.8 Å². The molecule has 0 unspecified atom stereocenters. The molecule has 0 aliphatic carbocycles. The maximum absolute atomic E-state index is 12.0. The lowest BCUT2D eigenvalue weighted by atomic mass is 10.1. The van der Waals surface area contributed by atoms with Crippen LogP contribution in [0.3, 0.4) is 0 Å². The molecule has 1 aliphatic heterocycles. The first-order valence-electron chi connectivity index (χ1n) is 6.60. The van der Waals surface area contributed by atoms with Crippen molar-refractivity contribution in [3.05, 3.63) is 18.2 Å². The molecule has 1 aromatic carbocycles.